The number of amidine groups is 1. The lowest BCUT2D eigenvalue weighted by Gasteiger charge is -2.12. The second-order valence-corrected chi connectivity index (χ2v) is 5.55. The van der Waals surface area contributed by atoms with Gasteiger partial charge in [-0.05, 0) is 42.0 Å². The summed E-state index contributed by atoms with van der Waals surface area (Å²) in [6, 6.07) is 15.2. The molecule has 1 heterocycles. The Morgan fingerprint density at radius 2 is 1.57 bits per heavy atom. The Kier molecular flexibility index (Phi) is 4.23. The maximum Gasteiger partial charge on any atom is 0.150 e. The first-order valence-corrected chi connectivity index (χ1v) is 7.36. The van der Waals surface area contributed by atoms with Crippen molar-refractivity contribution in [3.63, 3.8) is 0 Å². The number of halogens is 2. The molecule has 1 aliphatic rings. The highest BCUT2D eigenvalue weighted by Gasteiger charge is 2.14. The number of nitrogens with zero attached hydrogens (tertiary/aromatic N) is 3. The maximum atomic E-state index is 5.89. The Hall–Kier alpha value is -1.84. The van der Waals surface area contributed by atoms with Crippen molar-refractivity contribution in [3.8, 4) is 0 Å². The van der Waals surface area contributed by atoms with Gasteiger partial charge in [-0.15, -0.1) is 0 Å². The Bertz CT molecular complexity index is 676. The highest BCUT2D eigenvalue weighted by Crippen LogP contribution is 2.21. The molecule has 106 valence electrons. The van der Waals surface area contributed by atoms with Crippen LogP contribution in [0.5, 0.6) is 0 Å². The molecule has 0 bridgehead atoms. The molecule has 0 radical (unpaired) electrons. The zero-order chi connectivity index (χ0) is 14.7. The molecule has 0 atom stereocenters. The zero-order valence-corrected chi connectivity index (χ0v) is 12.7. The van der Waals surface area contributed by atoms with Gasteiger partial charge in [0.2, 0.25) is 0 Å². The van der Waals surface area contributed by atoms with E-state index in [1.165, 1.54) is 0 Å². The molecule has 1 aliphatic heterocycles. The molecule has 2 aromatic rings. The summed E-state index contributed by atoms with van der Waals surface area (Å²) >= 11 is 11.7. The minimum absolute atomic E-state index is 0.722. The molecule has 0 saturated carbocycles. The normalized spacial score (nSPS) is 14.8. The van der Waals surface area contributed by atoms with Crippen LogP contribution >= 0.6 is 23.2 Å². The summed E-state index contributed by atoms with van der Waals surface area (Å²) in [5.74, 6) is 0.819. The van der Waals surface area contributed by atoms with Gasteiger partial charge in [0.1, 0.15) is 0 Å². The summed E-state index contributed by atoms with van der Waals surface area (Å²) in [6.45, 7) is 0.828. The lowest BCUT2D eigenvalue weighted by atomic mass is 10.2. The average molecular weight is 318 g/mol. The van der Waals surface area contributed by atoms with Gasteiger partial charge in [-0.1, -0.05) is 35.3 Å². The van der Waals surface area contributed by atoms with Gasteiger partial charge in [-0.3, -0.25) is 5.01 Å². The van der Waals surface area contributed by atoms with E-state index in [4.69, 9.17) is 23.2 Å². The fourth-order valence-corrected chi connectivity index (χ4v) is 2.29. The van der Waals surface area contributed by atoms with Crippen LogP contribution < -0.4 is 5.01 Å². The molecule has 21 heavy (non-hydrogen) atoms. The first kappa shape index (κ1) is 14.1. The highest BCUT2D eigenvalue weighted by molar-refractivity contribution is 6.30. The molecule has 3 nitrogen and oxygen atoms in total. The smallest absolute Gasteiger partial charge is 0.150 e. The summed E-state index contributed by atoms with van der Waals surface area (Å²) in [5, 5.41) is 7.89. The Morgan fingerprint density at radius 3 is 2.24 bits per heavy atom. The van der Waals surface area contributed by atoms with Crippen LogP contribution in [0.3, 0.4) is 0 Å². The number of anilines is 1. The third-order valence-electron chi connectivity index (χ3n) is 3.14. The maximum absolute atomic E-state index is 5.89. The molecule has 2 aromatic carbocycles. The molecule has 0 amide bonds. The summed E-state index contributed by atoms with van der Waals surface area (Å²) in [4.78, 5) is 4.43. The Morgan fingerprint density at radius 1 is 0.952 bits per heavy atom. The van der Waals surface area contributed by atoms with Crippen LogP contribution in [0.2, 0.25) is 10.0 Å². The van der Waals surface area contributed by atoms with E-state index in [0.717, 1.165) is 40.1 Å². The van der Waals surface area contributed by atoms with Crippen LogP contribution in [0.15, 0.2) is 58.6 Å². The first-order chi connectivity index (χ1) is 10.2. The summed E-state index contributed by atoms with van der Waals surface area (Å²) in [6.07, 6.45) is 2.63. The first-order valence-electron chi connectivity index (χ1n) is 6.61. The van der Waals surface area contributed by atoms with E-state index in [2.05, 4.69) is 10.1 Å². The van der Waals surface area contributed by atoms with Crippen LogP contribution in [0.1, 0.15) is 12.0 Å². The van der Waals surface area contributed by atoms with E-state index < -0.39 is 0 Å². The molecule has 0 unspecified atom stereocenters. The molecular weight excluding hydrogens is 305 g/mol. The lowest BCUT2D eigenvalue weighted by Crippen LogP contribution is -2.11. The van der Waals surface area contributed by atoms with Gasteiger partial charge >= 0.3 is 0 Å². The van der Waals surface area contributed by atoms with Crippen molar-refractivity contribution in [1.29, 1.82) is 0 Å². The minimum atomic E-state index is 0.722. The number of hydrogen-bond donors (Lipinski definition) is 0. The van der Waals surface area contributed by atoms with Crippen molar-refractivity contribution in [1.82, 2.24) is 0 Å². The van der Waals surface area contributed by atoms with Gasteiger partial charge in [-0.25, -0.2) is 4.99 Å². The van der Waals surface area contributed by atoms with Crippen LogP contribution in [-0.4, -0.2) is 18.6 Å². The Labute approximate surface area is 133 Å². The second kappa shape index (κ2) is 6.29. The molecule has 0 aliphatic carbocycles. The van der Waals surface area contributed by atoms with Crippen molar-refractivity contribution in [2.45, 2.75) is 6.42 Å². The van der Waals surface area contributed by atoms with Crippen LogP contribution in [0.4, 0.5) is 5.69 Å². The van der Waals surface area contributed by atoms with Crippen molar-refractivity contribution in [2.24, 2.45) is 10.1 Å². The third kappa shape index (κ3) is 3.63. The summed E-state index contributed by atoms with van der Waals surface area (Å²) in [5.41, 5.74) is 2.03. The monoisotopic (exact) mass is 317 g/mol. The molecule has 0 spiro atoms. The molecule has 0 aromatic heterocycles. The van der Waals surface area contributed by atoms with E-state index in [0.29, 0.717) is 0 Å². The number of aliphatic imine (C=N–C) groups is 1. The van der Waals surface area contributed by atoms with E-state index in [1.807, 2.05) is 53.5 Å². The van der Waals surface area contributed by atoms with E-state index >= 15 is 0 Å². The van der Waals surface area contributed by atoms with E-state index in [-0.39, 0.29) is 0 Å². The van der Waals surface area contributed by atoms with Crippen molar-refractivity contribution >= 4 is 40.9 Å². The van der Waals surface area contributed by atoms with Gasteiger partial charge in [0.15, 0.2) is 5.84 Å². The molecule has 0 fully saturated rings. The molecule has 3 rings (SSSR count). The van der Waals surface area contributed by atoms with Gasteiger partial charge in [0.05, 0.1) is 5.69 Å². The summed E-state index contributed by atoms with van der Waals surface area (Å²) in [7, 11) is 0. The largest absolute Gasteiger partial charge is 0.263 e. The van der Waals surface area contributed by atoms with Crippen molar-refractivity contribution in [3.05, 3.63) is 64.1 Å². The van der Waals surface area contributed by atoms with Crippen LogP contribution in [0, 0.1) is 0 Å². The van der Waals surface area contributed by atoms with Gasteiger partial charge in [-0.2, -0.15) is 5.10 Å². The van der Waals surface area contributed by atoms with Crippen molar-refractivity contribution in [2.75, 3.05) is 11.6 Å². The predicted octanol–water partition coefficient (Wildman–Crippen LogP) is 4.64. The SMILES string of the molecule is Clc1ccc(C=NC2=NN(c3ccc(Cl)cc3)CC2)cc1. The molecule has 0 saturated heterocycles. The third-order valence-corrected chi connectivity index (χ3v) is 3.64. The number of hydrazone groups is 1. The molecule has 5 heteroatoms. The van der Waals surface area contributed by atoms with Crippen LogP contribution in [-0.2, 0) is 0 Å². The number of benzene rings is 2. The molecule has 0 N–H and O–H groups in total. The summed E-state index contributed by atoms with van der Waals surface area (Å²) < 4.78 is 0. The fraction of sp³-hybridized carbons (Fsp3) is 0.125. The predicted molar refractivity (Wildman–Crippen MR) is 89.9 cm³/mol. The van der Waals surface area contributed by atoms with Gasteiger partial charge in [0, 0.05) is 29.2 Å². The number of rotatable bonds is 2. The van der Waals surface area contributed by atoms with Gasteiger partial charge < -0.3 is 0 Å². The lowest BCUT2D eigenvalue weighted by molar-refractivity contribution is 0.922. The zero-order valence-electron chi connectivity index (χ0n) is 11.2. The van der Waals surface area contributed by atoms with E-state index in [9.17, 15) is 0 Å². The highest BCUT2D eigenvalue weighted by atomic mass is 35.5. The molecular formula is C16H13Cl2N3. The Balaban J connectivity index is 1.71. The topological polar surface area (TPSA) is 28.0 Å². The minimum Gasteiger partial charge on any atom is -0.263 e. The van der Waals surface area contributed by atoms with Gasteiger partial charge in [0.25, 0.3) is 0 Å². The quantitative estimate of drug-likeness (QED) is 0.742. The number of hydrogen-bond acceptors (Lipinski definition) is 3. The second-order valence-electron chi connectivity index (χ2n) is 4.68. The van der Waals surface area contributed by atoms with Crippen molar-refractivity contribution < 1.29 is 0 Å². The fourth-order valence-electron chi connectivity index (χ4n) is 2.03. The standard InChI is InChI=1S/C16H13Cl2N3/c17-13-3-1-12(2-4-13)11-19-16-9-10-21(20-16)15-7-5-14(18)6-8-15/h1-8,11H,9-10H2. The van der Waals surface area contributed by atoms with Crippen LogP contribution in [0.25, 0.3) is 0 Å². The average Bonchev–Trinajstić information content (AvgIpc) is 2.96. The van der Waals surface area contributed by atoms with E-state index in [1.54, 1.807) is 6.21 Å².